The first-order chi connectivity index (χ1) is 8.18. The highest BCUT2D eigenvalue weighted by atomic mass is 79.9. The van der Waals surface area contributed by atoms with Crippen LogP contribution in [-0.4, -0.2) is 6.04 Å². The molecule has 1 unspecified atom stereocenters. The third-order valence-electron chi connectivity index (χ3n) is 3.99. The number of halogens is 1. The van der Waals surface area contributed by atoms with Crippen LogP contribution in [0.4, 0.5) is 0 Å². The molecule has 1 aliphatic rings. The molecule has 0 saturated heterocycles. The minimum atomic E-state index is 0.418. The van der Waals surface area contributed by atoms with Crippen LogP contribution in [-0.2, 0) is 0 Å². The van der Waals surface area contributed by atoms with Crippen molar-refractivity contribution in [1.29, 1.82) is 0 Å². The lowest BCUT2D eigenvalue weighted by Crippen LogP contribution is -2.34. The van der Waals surface area contributed by atoms with Gasteiger partial charge < -0.3 is 5.32 Å². The zero-order valence-electron chi connectivity index (χ0n) is 10.7. The molecule has 2 rings (SSSR count). The lowest BCUT2D eigenvalue weighted by molar-refractivity contribution is 0.352. The summed E-state index contributed by atoms with van der Waals surface area (Å²) in [5, 5.41) is 3.75. The van der Waals surface area contributed by atoms with Crippen LogP contribution in [0.3, 0.4) is 0 Å². The van der Waals surface area contributed by atoms with Crippen molar-refractivity contribution in [2.45, 2.75) is 51.6 Å². The van der Waals surface area contributed by atoms with Gasteiger partial charge in [0.1, 0.15) is 0 Å². The minimum absolute atomic E-state index is 0.418. The van der Waals surface area contributed by atoms with Gasteiger partial charge in [0, 0.05) is 16.6 Å². The molecule has 0 heterocycles. The summed E-state index contributed by atoms with van der Waals surface area (Å²) in [4.78, 5) is 0. The zero-order chi connectivity index (χ0) is 12.3. The van der Waals surface area contributed by atoms with Gasteiger partial charge in [0.25, 0.3) is 0 Å². The van der Waals surface area contributed by atoms with Crippen molar-refractivity contribution in [2.24, 2.45) is 5.92 Å². The first-order valence-electron chi connectivity index (χ1n) is 6.69. The van der Waals surface area contributed by atoms with Gasteiger partial charge in [-0.25, -0.2) is 0 Å². The van der Waals surface area contributed by atoms with Crippen molar-refractivity contribution in [3.63, 3.8) is 0 Å². The lowest BCUT2D eigenvalue weighted by atomic mass is 9.98. The third kappa shape index (κ3) is 3.32. The average Bonchev–Trinajstić information content (AvgIpc) is 2.82. The van der Waals surface area contributed by atoms with Crippen LogP contribution in [0.1, 0.15) is 51.1 Å². The molecule has 2 atom stereocenters. The van der Waals surface area contributed by atoms with Crippen molar-refractivity contribution in [2.75, 3.05) is 0 Å². The van der Waals surface area contributed by atoms with Crippen molar-refractivity contribution in [1.82, 2.24) is 5.32 Å². The summed E-state index contributed by atoms with van der Waals surface area (Å²) in [7, 11) is 0. The standard InChI is InChI=1S/C15H22BrN/c1-11(13-7-3-4-8-13)17-12(2)14-9-5-6-10-15(14)16/h5-6,9-13,17H,3-4,7-8H2,1-2H3/t11?,12-/m1/s1. The molecule has 1 aromatic carbocycles. The van der Waals surface area contributed by atoms with E-state index in [1.165, 1.54) is 35.7 Å². The molecular formula is C15H22BrN. The molecule has 0 aromatic heterocycles. The van der Waals surface area contributed by atoms with Gasteiger partial charge in [-0.3, -0.25) is 0 Å². The largest absolute Gasteiger partial charge is 0.307 e. The van der Waals surface area contributed by atoms with E-state index in [4.69, 9.17) is 0 Å². The number of rotatable bonds is 4. The third-order valence-corrected chi connectivity index (χ3v) is 4.71. The van der Waals surface area contributed by atoms with Crippen molar-refractivity contribution >= 4 is 15.9 Å². The van der Waals surface area contributed by atoms with Crippen LogP contribution in [0.25, 0.3) is 0 Å². The van der Waals surface area contributed by atoms with E-state index < -0.39 is 0 Å². The van der Waals surface area contributed by atoms with Gasteiger partial charge in [-0.1, -0.05) is 47.0 Å². The fourth-order valence-electron chi connectivity index (χ4n) is 2.90. The normalized spacial score (nSPS) is 20.4. The highest BCUT2D eigenvalue weighted by molar-refractivity contribution is 9.10. The molecule has 0 bridgehead atoms. The van der Waals surface area contributed by atoms with Crippen molar-refractivity contribution in [3.05, 3.63) is 34.3 Å². The van der Waals surface area contributed by atoms with Crippen molar-refractivity contribution in [3.8, 4) is 0 Å². The molecule has 1 nitrogen and oxygen atoms in total. The number of benzene rings is 1. The quantitative estimate of drug-likeness (QED) is 0.850. The molecule has 0 radical (unpaired) electrons. The molecule has 1 N–H and O–H groups in total. The first kappa shape index (κ1) is 13.1. The van der Waals surface area contributed by atoms with Gasteiger partial charge in [-0.15, -0.1) is 0 Å². The first-order valence-corrected chi connectivity index (χ1v) is 7.48. The fraction of sp³-hybridized carbons (Fsp3) is 0.600. The van der Waals surface area contributed by atoms with E-state index in [0.29, 0.717) is 12.1 Å². The molecule has 1 fully saturated rings. The molecule has 0 spiro atoms. The lowest BCUT2D eigenvalue weighted by Gasteiger charge is -2.25. The number of hydrogen-bond acceptors (Lipinski definition) is 1. The smallest absolute Gasteiger partial charge is 0.0305 e. The van der Waals surface area contributed by atoms with Crippen LogP contribution in [0.15, 0.2) is 28.7 Å². The van der Waals surface area contributed by atoms with Crippen molar-refractivity contribution < 1.29 is 0 Å². The second kappa shape index (κ2) is 6.01. The van der Waals surface area contributed by atoms with Gasteiger partial charge in [0.2, 0.25) is 0 Å². The Morgan fingerprint density at radius 2 is 1.82 bits per heavy atom. The summed E-state index contributed by atoms with van der Waals surface area (Å²) >= 11 is 3.63. The van der Waals surface area contributed by atoms with E-state index in [0.717, 1.165) is 5.92 Å². The van der Waals surface area contributed by atoms with Gasteiger partial charge in [-0.05, 0) is 44.2 Å². The number of hydrogen-bond donors (Lipinski definition) is 1. The topological polar surface area (TPSA) is 12.0 Å². The average molecular weight is 296 g/mol. The van der Waals surface area contributed by atoms with E-state index in [1.54, 1.807) is 0 Å². The van der Waals surface area contributed by atoms with E-state index in [-0.39, 0.29) is 0 Å². The Kier molecular flexibility index (Phi) is 4.63. The van der Waals surface area contributed by atoms with Gasteiger partial charge in [0.05, 0.1) is 0 Å². The van der Waals surface area contributed by atoms with Crippen LogP contribution < -0.4 is 5.32 Å². The summed E-state index contributed by atoms with van der Waals surface area (Å²) in [5.41, 5.74) is 1.36. The highest BCUT2D eigenvalue weighted by Crippen LogP contribution is 2.30. The molecule has 1 saturated carbocycles. The number of nitrogens with one attached hydrogen (secondary N) is 1. The summed E-state index contributed by atoms with van der Waals surface area (Å²) in [6.07, 6.45) is 5.63. The molecular weight excluding hydrogens is 274 g/mol. The SMILES string of the molecule is CC(N[C@H](C)c1ccccc1Br)C1CCCC1. The fourth-order valence-corrected chi connectivity index (χ4v) is 3.53. The maximum absolute atomic E-state index is 3.75. The van der Waals surface area contributed by atoms with E-state index in [9.17, 15) is 0 Å². The molecule has 1 aromatic rings. The Balaban J connectivity index is 1.96. The second-order valence-electron chi connectivity index (χ2n) is 5.24. The van der Waals surface area contributed by atoms with E-state index >= 15 is 0 Å². The zero-order valence-corrected chi connectivity index (χ0v) is 12.3. The maximum Gasteiger partial charge on any atom is 0.0305 e. The van der Waals surface area contributed by atoms with E-state index in [1.807, 2.05) is 0 Å². The summed E-state index contributed by atoms with van der Waals surface area (Å²) in [6.45, 7) is 4.59. The summed E-state index contributed by atoms with van der Waals surface area (Å²) in [5.74, 6) is 0.875. The van der Waals surface area contributed by atoms with Crippen LogP contribution in [0.2, 0.25) is 0 Å². The monoisotopic (exact) mass is 295 g/mol. The predicted octanol–water partition coefficient (Wildman–Crippen LogP) is 4.68. The molecule has 94 valence electrons. The van der Waals surface area contributed by atoms with Gasteiger partial charge in [0.15, 0.2) is 0 Å². The molecule has 1 aliphatic carbocycles. The van der Waals surface area contributed by atoms with E-state index in [2.05, 4.69) is 59.4 Å². The molecule has 0 aliphatic heterocycles. The minimum Gasteiger partial charge on any atom is -0.307 e. The molecule has 17 heavy (non-hydrogen) atoms. The Hall–Kier alpha value is -0.340. The van der Waals surface area contributed by atoms with Crippen LogP contribution >= 0.6 is 15.9 Å². The Labute approximate surface area is 113 Å². The predicted molar refractivity (Wildman–Crippen MR) is 77.1 cm³/mol. The summed E-state index contributed by atoms with van der Waals surface area (Å²) in [6, 6.07) is 9.54. The second-order valence-corrected chi connectivity index (χ2v) is 6.10. The van der Waals surface area contributed by atoms with Gasteiger partial charge in [-0.2, -0.15) is 0 Å². The molecule has 2 heteroatoms. The molecule has 0 amide bonds. The van der Waals surface area contributed by atoms with Crippen LogP contribution in [0.5, 0.6) is 0 Å². The summed E-state index contributed by atoms with van der Waals surface area (Å²) < 4.78 is 1.21. The maximum atomic E-state index is 3.75. The Bertz CT molecular complexity index is 358. The Morgan fingerprint density at radius 3 is 2.47 bits per heavy atom. The van der Waals surface area contributed by atoms with Crippen LogP contribution in [0, 0.1) is 5.92 Å². The highest BCUT2D eigenvalue weighted by Gasteiger charge is 2.23. The Morgan fingerprint density at radius 1 is 1.18 bits per heavy atom. The van der Waals surface area contributed by atoms with Gasteiger partial charge >= 0.3 is 0 Å².